The molecule has 1 amide bonds. The van der Waals surface area contributed by atoms with Crippen molar-refractivity contribution in [1.82, 2.24) is 4.90 Å². The van der Waals surface area contributed by atoms with E-state index in [1.807, 2.05) is 13.8 Å². The molecule has 0 fully saturated rings. The minimum absolute atomic E-state index is 0.0954. The molecule has 0 spiro atoms. The highest BCUT2D eigenvalue weighted by molar-refractivity contribution is 5.77. The number of aliphatic carboxylic acids is 1. The van der Waals surface area contributed by atoms with Crippen molar-refractivity contribution in [3.8, 4) is 5.75 Å². The lowest BCUT2D eigenvalue weighted by atomic mass is 10.1. The lowest BCUT2D eigenvalue weighted by molar-refractivity contribution is -0.139. The van der Waals surface area contributed by atoms with Crippen LogP contribution >= 0.6 is 0 Å². The van der Waals surface area contributed by atoms with Gasteiger partial charge in [0.15, 0.2) is 11.6 Å². The maximum atomic E-state index is 14.0. The van der Waals surface area contributed by atoms with Crippen LogP contribution in [0.2, 0.25) is 0 Å². The molecule has 0 aliphatic carbocycles. The van der Waals surface area contributed by atoms with Crippen LogP contribution in [0.15, 0.2) is 18.2 Å². The fraction of sp³-hybridized carbons (Fsp3) is 0.500. The lowest BCUT2D eigenvalue weighted by Crippen LogP contribution is -2.38. The second-order valence-corrected chi connectivity index (χ2v) is 5.26. The summed E-state index contributed by atoms with van der Waals surface area (Å²) < 4.78 is 18.9. The Kier molecular flexibility index (Phi) is 6.82. The van der Waals surface area contributed by atoms with Crippen LogP contribution in [0.3, 0.4) is 0 Å². The van der Waals surface area contributed by atoms with Gasteiger partial charge in [-0.25, -0.2) is 4.39 Å². The molecule has 0 unspecified atom stereocenters. The highest BCUT2D eigenvalue weighted by Gasteiger charge is 2.18. The number of aryl methyl sites for hydroxylation is 1. The normalized spacial score (nSPS) is 10.6. The van der Waals surface area contributed by atoms with Crippen molar-refractivity contribution in [2.45, 2.75) is 39.2 Å². The van der Waals surface area contributed by atoms with Crippen LogP contribution < -0.4 is 4.74 Å². The summed E-state index contributed by atoms with van der Waals surface area (Å²) in [7, 11) is 1.39. The zero-order chi connectivity index (χ0) is 16.7. The quantitative estimate of drug-likeness (QED) is 0.801. The second-order valence-electron chi connectivity index (χ2n) is 5.26. The maximum absolute atomic E-state index is 14.0. The summed E-state index contributed by atoms with van der Waals surface area (Å²) in [6.45, 7) is 3.81. The Balaban J connectivity index is 2.69. The molecule has 0 aromatic heterocycles. The number of carboxylic acid groups (broad SMARTS) is 1. The Bertz CT molecular complexity index is 531. The van der Waals surface area contributed by atoms with E-state index in [2.05, 4.69) is 0 Å². The molecule has 1 aromatic rings. The second kappa shape index (κ2) is 8.36. The van der Waals surface area contributed by atoms with Gasteiger partial charge >= 0.3 is 5.97 Å². The van der Waals surface area contributed by atoms with E-state index in [1.54, 1.807) is 12.1 Å². The Labute approximate surface area is 129 Å². The molecule has 6 heteroatoms. The highest BCUT2D eigenvalue weighted by atomic mass is 19.1. The number of methoxy groups -OCH3 is 1. The van der Waals surface area contributed by atoms with Gasteiger partial charge in [-0.1, -0.05) is 12.1 Å². The van der Waals surface area contributed by atoms with Crippen LogP contribution in [-0.2, 0) is 16.0 Å². The van der Waals surface area contributed by atoms with Gasteiger partial charge in [-0.3, -0.25) is 9.59 Å². The van der Waals surface area contributed by atoms with Crippen molar-refractivity contribution in [2.75, 3.05) is 13.7 Å². The fourth-order valence-electron chi connectivity index (χ4n) is 2.18. The molecule has 1 aromatic carbocycles. The number of rotatable bonds is 8. The Morgan fingerprint density at radius 3 is 2.55 bits per heavy atom. The topological polar surface area (TPSA) is 66.8 Å². The zero-order valence-electron chi connectivity index (χ0n) is 13.1. The number of hydrogen-bond acceptors (Lipinski definition) is 3. The summed E-state index contributed by atoms with van der Waals surface area (Å²) in [6, 6.07) is 4.71. The molecule has 0 atom stereocenters. The number of carboxylic acids is 1. The van der Waals surface area contributed by atoms with E-state index in [4.69, 9.17) is 9.84 Å². The van der Waals surface area contributed by atoms with Crippen LogP contribution in [0, 0.1) is 5.82 Å². The van der Waals surface area contributed by atoms with Crippen LogP contribution in [0.5, 0.6) is 5.75 Å². The zero-order valence-corrected chi connectivity index (χ0v) is 13.1. The largest absolute Gasteiger partial charge is 0.494 e. The minimum atomic E-state index is -0.947. The van der Waals surface area contributed by atoms with Crippen LogP contribution in [-0.4, -0.2) is 41.6 Å². The van der Waals surface area contributed by atoms with Gasteiger partial charge in [0.2, 0.25) is 5.91 Å². The molecule has 0 radical (unpaired) electrons. The number of halogens is 1. The molecule has 22 heavy (non-hydrogen) atoms. The maximum Gasteiger partial charge on any atom is 0.305 e. The van der Waals surface area contributed by atoms with E-state index in [9.17, 15) is 14.0 Å². The first-order valence-corrected chi connectivity index (χ1v) is 7.19. The molecule has 0 aliphatic heterocycles. The predicted molar refractivity (Wildman–Crippen MR) is 80.4 cm³/mol. The number of carbonyl (C=O) groups excluding carboxylic acids is 1. The minimum Gasteiger partial charge on any atom is -0.494 e. The molecule has 1 rings (SSSR count). The van der Waals surface area contributed by atoms with Crippen molar-refractivity contribution in [2.24, 2.45) is 0 Å². The van der Waals surface area contributed by atoms with Crippen molar-refractivity contribution in [1.29, 1.82) is 0 Å². The fourth-order valence-corrected chi connectivity index (χ4v) is 2.18. The first-order valence-electron chi connectivity index (χ1n) is 7.19. The van der Waals surface area contributed by atoms with Gasteiger partial charge in [0.25, 0.3) is 0 Å². The predicted octanol–water partition coefficient (Wildman–Crippen LogP) is 2.48. The van der Waals surface area contributed by atoms with Crippen molar-refractivity contribution in [3.05, 3.63) is 29.6 Å². The highest BCUT2D eigenvalue weighted by Crippen LogP contribution is 2.21. The summed E-state index contributed by atoms with van der Waals surface area (Å²) in [5, 5.41) is 8.73. The van der Waals surface area contributed by atoms with Crippen LogP contribution in [0.1, 0.15) is 32.3 Å². The van der Waals surface area contributed by atoms with Gasteiger partial charge in [-0.2, -0.15) is 0 Å². The third-order valence-corrected chi connectivity index (χ3v) is 3.38. The number of ether oxygens (including phenoxy) is 1. The summed E-state index contributed by atoms with van der Waals surface area (Å²) in [4.78, 5) is 24.4. The van der Waals surface area contributed by atoms with Gasteiger partial charge < -0.3 is 14.7 Å². The van der Waals surface area contributed by atoms with Crippen molar-refractivity contribution in [3.63, 3.8) is 0 Å². The summed E-state index contributed by atoms with van der Waals surface area (Å²) in [6.07, 6.45) is 0.275. The molecule has 0 heterocycles. The number of benzene rings is 1. The SMILES string of the molecule is COc1cccc(CCC(=O)N(CCC(=O)O)C(C)C)c1F. The summed E-state index contributed by atoms with van der Waals surface area (Å²) in [5.41, 5.74) is 0.412. The summed E-state index contributed by atoms with van der Waals surface area (Å²) in [5.74, 6) is -1.44. The molecule has 1 N–H and O–H groups in total. The van der Waals surface area contributed by atoms with E-state index in [-0.39, 0.29) is 43.5 Å². The molecule has 0 bridgehead atoms. The molecular weight excluding hydrogens is 289 g/mol. The smallest absolute Gasteiger partial charge is 0.305 e. The summed E-state index contributed by atoms with van der Waals surface area (Å²) >= 11 is 0. The Morgan fingerprint density at radius 1 is 1.32 bits per heavy atom. The number of nitrogens with zero attached hydrogens (tertiary/aromatic N) is 1. The van der Waals surface area contributed by atoms with E-state index in [1.165, 1.54) is 18.1 Å². The average molecular weight is 311 g/mol. The average Bonchev–Trinajstić information content (AvgIpc) is 2.45. The van der Waals surface area contributed by atoms with E-state index in [0.29, 0.717) is 5.56 Å². The third-order valence-electron chi connectivity index (χ3n) is 3.38. The van der Waals surface area contributed by atoms with Gasteiger partial charge in [0.1, 0.15) is 0 Å². The van der Waals surface area contributed by atoms with Crippen LogP contribution in [0.4, 0.5) is 4.39 Å². The lowest BCUT2D eigenvalue weighted by Gasteiger charge is -2.26. The van der Waals surface area contributed by atoms with Gasteiger partial charge in [-0.15, -0.1) is 0 Å². The van der Waals surface area contributed by atoms with E-state index >= 15 is 0 Å². The van der Waals surface area contributed by atoms with Crippen LogP contribution in [0.25, 0.3) is 0 Å². The molecule has 0 saturated carbocycles. The van der Waals surface area contributed by atoms with Crippen molar-refractivity contribution >= 4 is 11.9 Å². The Hall–Kier alpha value is -2.11. The Morgan fingerprint density at radius 2 is 2.00 bits per heavy atom. The van der Waals surface area contributed by atoms with E-state index in [0.717, 1.165) is 0 Å². The number of carbonyl (C=O) groups is 2. The molecule has 0 aliphatic rings. The third kappa shape index (κ3) is 5.02. The first kappa shape index (κ1) is 17.9. The monoisotopic (exact) mass is 311 g/mol. The van der Waals surface area contributed by atoms with Gasteiger partial charge in [0.05, 0.1) is 13.5 Å². The molecule has 122 valence electrons. The first-order chi connectivity index (χ1) is 10.4. The van der Waals surface area contributed by atoms with Gasteiger partial charge in [-0.05, 0) is 31.9 Å². The van der Waals surface area contributed by atoms with E-state index < -0.39 is 11.8 Å². The molecule has 5 nitrogen and oxygen atoms in total. The standard InChI is InChI=1S/C16H22FNO4/c1-11(2)18(10-9-15(20)21)14(19)8-7-12-5-4-6-13(22-3)16(12)17/h4-6,11H,7-10H2,1-3H3,(H,20,21). The van der Waals surface area contributed by atoms with Crippen molar-refractivity contribution < 1.29 is 23.8 Å². The molecular formula is C16H22FNO4. The number of amides is 1. The van der Waals surface area contributed by atoms with Gasteiger partial charge in [0, 0.05) is 19.0 Å². The number of hydrogen-bond donors (Lipinski definition) is 1. The molecule has 0 saturated heterocycles.